The van der Waals surface area contributed by atoms with E-state index in [1.807, 2.05) is 0 Å². The van der Waals surface area contributed by atoms with Crippen LogP contribution in [0, 0.1) is 5.92 Å². The van der Waals surface area contributed by atoms with Crippen LogP contribution in [-0.4, -0.2) is 24.1 Å². The fraction of sp³-hybridized carbons (Fsp3) is 0.688. The summed E-state index contributed by atoms with van der Waals surface area (Å²) < 4.78 is 0. The number of hydrogen-bond acceptors (Lipinski definition) is 3. The van der Waals surface area contributed by atoms with Gasteiger partial charge in [-0.05, 0) is 63.1 Å². The zero-order chi connectivity index (χ0) is 13.2. The SMILES string of the molecule is CCN(c1ccc2c(n1)CCC2)C1CCCC1CN. The van der Waals surface area contributed by atoms with Crippen LogP contribution in [0.15, 0.2) is 12.1 Å². The molecule has 19 heavy (non-hydrogen) atoms. The largest absolute Gasteiger partial charge is 0.354 e. The summed E-state index contributed by atoms with van der Waals surface area (Å²) in [4.78, 5) is 7.41. The van der Waals surface area contributed by atoms with Gasteiger partial charge in [-0.3, -0.25) is 0 Å². The number of fused-ring (bicyclic) bond motifs is 1. The number of rotatable bonds is 4. The minimum atomic E-state index is 0.599. The highest BCUT2D eigenvalue weighted by Gasteiger charge is 2.31. The van der Waals surface area contributed by atoms with Gasteiger partial charge < -0.3 is 10.6 Å². The van der Waals surface area contributed by atoms with Crippen LogP contribution in [0.4, 0.5) is 5.82 Å². The lowest BCUT2D eigenvalue weighted by atomic mass is 10.0. The molecule has 1 aromatic rings. The van der Waals surface area contributed by atoms with E-state index in [0.717, 1.165) is 19.5 Å². The van der Waals surface area contributed by atoms with Crippen LogP contribution in [0.3, 0.4) is 0 Å². The average Bonchev–Trinajstić information content (AvgIpc) is 3.07. The number of pyridine rings is 1. The maximum atomic E-state index is 5.94. The van der Waals surface area contributed by atoms with Crippen LogP contribution in [-0.2, 0) is 12.8 Å². The van der Waals surface area contributed by atoms with E-state index in [2.05, 4.69) is 24.0 Å². The van der Waals surface area contributed by atoms with Crippen molar-refractivity contribution in [3.63, 3.8) is 0 Å². The highest BCUT2D eigenvalue weighted by molar-refractivity contribution is 5.44. The smallest absolute Gasteiger partial charge is 0.129 e. The molecule has 0 aliphatic heterocycles. The summed E-state index contributed by atoms with van der Waals surface area (Å²) in [6.45, 7) is 4.08. The zero-order valence-corrected chi connectivity index (χ0v) is 11.9. The summed E-state index contributed by atoms with van der Waals surface area (Å²) >= 11 is 0. The maximum absolute atomic E-state index is 5.94. The fourth-order valence-electron chi connectivity index (χ4n) is 3.84. The molecule has 104 valence electrons. The molecule has 1 saturated carbocycles. The van der Waals surface area contributed by atoms with Gasteiger partial charge in [0, 0.05) is 18.3 Å². The lowest BCUT2D eigenvalue weighted by Gasteiger charge is -2.33. The Morgan fingerprint density at radius 1 is 1.26 bits per heavy atom. The maximum Gasteiger partial charge on any atom is 0.129 e. The first-order valence-corrected chi connectivity index (χ1v) is 7.79. The first-order chi connectivity index (χ1) is 9.33. The Hall–Kier alpha value is -1.09. The van der Waals surface area contributed by atoms with Crippen molar-refractivity contribution in [2.45, 2.75) is 51.5 Å². The van der Waals surface area contributed by atoms with E-state index < -0.39 is 0 Å². The van der Waals surface area contributed by atoms with E-state index in [9.17, 15) is 0 Å². The Labute approximate surface area is 116 Å². The van der Waals surface area contributed by atoms with E-state index in [1.165, 1.54) is 49.2 Å². The molecule has 2 atom stereocenters. The van der Waals surface area contributed by atoms with Gasteiger partial charge in [-0.2, -0.15) is 0 Å². The molecule has 2 unspecified atom stereocenters. The van der Waals surface area contributed by atoms with Crippen molar-refractivity contribution in [2.24, 2.45) is 11.7 Å². The lowest BCUT2D eigenvalue weighted by Crippen LogP contribution is -2.41. The van der Waals surface area contributed by atoms with E-state index in [0.29, 0.717) is 12.0 Å². The van der Waals surface area contributed by atoms with Crippen molar-refractivity contribution in [3.8, 4) is 0 Å². The van der Waals surface area contributed by atoms with Crippen LogP contribution in [0.2, 0.25) is 0 Å². The van der Waals surface area contributed by atoms with Crippen molar-refractivity contribution in [3.05, 3.63) is 23.4 Å². The van der Waals surface area contributed by atoms with Gasteiger partial charge in [-0.15, -0.1) is 0 Å². The summed E-state index contributed by atoms with van der Waals surface area (Å²) in [6.07, 6.45) is 7.51. The van der Waals surface area contributed by atoms with Crippen LogP contribution in [0.5, 0.6) is 0 Å². The molecule has 3 rings (SSSR count). The Morgan fingerprint density at radius 2 is 2.16 bits per heavy atom. The third kappa shape index (κ3) is 2.36. The Bertz CT molecular complexity index is 444. The van der Waals surface area contributed by atoms with Crippen molar-refractivity contribution in [1.82, 2.24) is 4.98 Å². The summed E-state index contributed by atoms with van der Waals surface area (Å²) in [6, 6.07) is 5.11. The van der Waals surface area contributed by atoms with E-state index in [1.54, 1.807) is 0 Å². The second-order valence-corrected chi connectivity index (χ2v) is 5.91. The summed E-state index contributed by atoms with van der Waals surface area (Å²) in [5.74, 6) is 1.82. The van der Waals surface area contributed by atoms with Gasteiger partial charge in [0.25, 0.3) is 0 Å². The van der Waals surface area contributed by atoms with Gasteiger partial charge in [-0.1, -0.05) is 12.5 Å². The number of aromatic nitrogens is 1. The lowest BCUT2D eigenvalue weighted by molar-refractivity contribution is 0.459. The number of aryl methyl sites for hydroxylation is 2. The molecule has 2 aliphatic carbocycles. The van der Waals surface area contributed by atoms with E-state index in [-0.39, 0.29) is 0 Å². The first-order valence-electron chi connectivity index (χ1n) is 7.79. The number of nitrogens with zero attached hydrogens (tertiary/aromatic N) is 2. The molecule has 0 radical (unpaired) electrons. The monoisotopic (exact) mass is 259 g/mol. The summed E-state index contributed by atoms with van der Waals surface area (Å²) in [5.41, 5.74) is 8.73. The highest BCUT2D eigenvalue weighted by Crippen LogP contribution is 2.32. The van der Waals surface area contributed by atoms with Crippen molar-refractivity contribution < 1.29 is 0 Å². The highest BCUT2D eigenvalue weighted by atomic mass is 15.2. The Morgan fingerprint density at radius 3 is 2.95 bits per heavy atom. The van der Waals surface area contributed by atoms with Gasteiger partial charge in [-0.25, -0.2) is 4.98 Å². The molecular weight excluding hydrogens is 234 g/mol. The summed E-state index contributed by atoms with van der Waals surface area (Å²) in [7, 11) is 0. The number of nitrogens with two attached hydrogens (primary N) is 1. The summed E-state index contributed by atoms with van der Waals surface area (Å²) in [5, 5.41) is 0. The van der Waals surface area contributed by atoms with Crippen LogP contribution in [0.1, 0.15) is 43.9 Å². The van der Waals surface area contributed by atoms with E-state index >= 15 is 0 Å². The molecule has 1 fully saturated rings. The van der Waals surface area contributed by atoms with Crippen molar-refractivity contribution in [1.29, 1.82) is 0 Å². The van der Waals surface area contributed by atoms with Gasteiger partial charge in [0.05, 0.1) is 0 Å². The molecule has 2 aliphatic rings. The molecule has 0 bridgehead atoms. The molecule has 0 spiro atoms. The van der Waals surface area contributed by atoms with Crippen LogP contribution < -0.4 is 10.6 Å². The Balaban J connectivity index is 1.85. The van der Waals surface area contributed by atoms with Crippen LogP contribution in [0.25, 0.3) is 0 Å². The van der Waals surface area contributed by atoms with Crippen molar-refractivity contribution in [2.75, 3.05) is 18.0 Å². The Kier molecular flexibility index (Phi) is 3.74. The zero-order valence-electron chi connectivity index (χ0n) is 11.9. The normalized spacial score (nSPS) is 25.6. The second kappa shape index (κ2) is 5.49. The molecule has 1 aromatic heterocycles. The minimum Gasteiger partial charge on any atom is -0.354 e. The average molecular weight is 259 g/mol. The predicted molar refractivity (Wildman–Crippen MR) is 79.5 cm³/mol. The molecule has 0 aromatic carbocycles. The van der Waals surface area contributed by atoms with E-state index in [4.69, 9.17) is 10.7 Å². The molecule has 1 heterocycles. The van der Waals surface area contributed by atoms with Crippen molar-refractivity contribution >= 4 is 5.82 Å². The molecule has 3 nitrogen and oxygen atoms in total. The molecule has 2 N–H and O–H groups in total. The van der Waals surface area contributed by atoms with Gasteiger partial charge >= 0.3 is 0 Å². The quantitative estimate of drug-likeness (QED) is 0.903. The molecule has 3 heteroatoms. The molecule has 0 saturated heterocycles. The second-order valence-electron chi connectivity index (χ2n) is 5.91. The number of hydrogen-bond donors (Lipinski definition) is 1. The standard InChI is InChI=1S/C16H25N3/c1-2-19(15-8-4-6-13(15)11-17)16-10-9-12-5-3-7-14(12)18-16/h9-10,13,15H,2-8,11,17H2,1H3. The third-order valence-electron chi connectivity index (χ3n) is 4.87. The first kappa shape index (κ1) is 12.9. The van der Waals surface area contributed by atoms with Gasteiger partial charge in [0.1, 0.15) is 5.82 Å². The molecule has 0 amide bonds. The fourth-order valence-corrected chi connectivity index (χ4v) is 3.84. The third-order valence-corrected chi connectivity index (χ3v) is 4.87. The predicted octanol–water partition coefficient (Wildman–Crippen LogP) is 2.52. The molecular formula is C16H25N3. The van der Waals surface area contributed by atoms with Gasteiger partial charge in [0.2, 0.25) is 0 Å². The minimum absolute atomic E-state index is 0.599. The topological polar surface area (TPSA) is 42.2 Å². The number of anilines is 1. The van der Waals surface area contributed by atoms with Gasteiger partial charge in [0.15, 0.2) is 0 Å². The van der Waals surface area contributed by atoms with Crippen LogP contribution >= 0.6 is 0 Å².